The number of rotatable bonds is 4. The molecule has 104 valence electrons. The van der Waals surface area contributed by atoms with E-state index in [0.717, 1.165) is 17.1 Å². The Morgan fingerprint density at radius 2 is 2.00 bits per heavy atom. The van der Waals surface area contributed by atoms with E-state index in [9.17, 15) is 4.79 Å². The van der Waals surface area contributed by atoms with Gasteiger partial charge in [-0.3, -0.25) is 4.79 Å². The smallest absolute Gasteiger partial charge is 0.237 e. The van der Waals surface area contributed by atoms with Crippen molar-refractivity contribution >= 4 is 5.91 Å². The van der Waals surface area contributed by atoms with Gasteiger partial charge in [-0.2, -0.15) is 0 Å². The molecule has 19 heavy (non-hydrogen) atoms. The van der Waals surface area contributed by atoms with Crippen LogP contribution in [0, 0.1) is 5.92 Å². The molecule has 1 aliphatic heterocycles. The number of hydrogen-bond donors (Lipinski definition) is 2. The summed E-state index contributed by atoms with van der Waals surface area (Å²) in [4.78, 5) is 11.8. The molecule has 1 aliphatic rings. The number of ether oxygens (including phenoxy) is 2. The lowest BCUT2D eigenvalue weighted by molar-refractivity contribution is -0.123. The van der Waals surface area contributed by atoms with Gasteiger partial charge in [-0.05, 0) is 23.6 Å². The number of nitrogens with one attached hydrogen (secondary N) is 1. The monoisotopic (exact) mass is 264 g/mol. The highest BCUT2D eigenvalue weighted by Gasteiger charge is 2.17. The third kappa shape index (κ3) is 3.38. The Bertz CT molecular complexity index is 460. The molecule has 1 atom stereocenters. The predicted molar refractivity (Wildman–Crippen MR) is 72.1 cm³/mol. The zero-order valence-corrected chi connectivity index (χ0v) is 11.3. The fraction of sp³-hybridized carbons (Fsp3) is 0.500. The number of amides is 1. The molecule has 0 bridgehead atoms. The molecule has 0 aromatic heterocycles. The van der Waals surface area contributed by atoms with E-state index in [4.69, 9.17) is 15.2 Å². The summed E-state index contributed by atoms with van der Waals surface area (Å²) in [5.74, 6) is 1.47. The van der Waals surface area contributed by atoms with Gasteiger partial charge in [-0.15, -0.1) is 0 Å². The quantitative estimate of drug-likeness (QED) is 0.852. The number of benzene rings is 1. The molecule has 2 rings (SSSR count). The summed E-state index contributed by atoms with van der Waals surface area (Å²) < 4.78 is 10.9. The Hall–Kier alpha value is -1.75. The van der Waals surface area contributed by atoms with Crippen LogP contribution >= 0.6 is 0 Å². The zero-order chi connectivity index (χ0) is 13.8. The molecular formula is C14H20N2O3. The molecular weight excluding hydrogens is 244 g/mol. The molecule has 3 N–H and O–H groups in total. The van der Waals surface area contributed by atoms with E-state index in [1.165, 1.54) is 0 Å². The minimum Gasteiger partial charge on any atom is -0.486 e. The lowest BCUT2D eigenvalue weighted by atomic mass is 10.0. The average Bonchev–Trinajstić information content (AvgIpc) is 2.43. The maximum atomic E-state index is 11.8. The highest BCUT2D eigenvalue weighted by Crippen LogP contribution is 2.30. The molecule has 5 heteroatoms. The maximum absolute atomic E-state index is 11.8. The van der Waals surface area contributed by atoms with Crippen LogP contribution in [0.3, 0.4) is 0 Å². The number of fused-ring (bicyclic) bond motifs is 1. The summed E-state index contributed by atoms with van der Waals surface area (Å²) in [7, 11) is 0. The van der Waals surface area contributed by atoms with E-state index in [1.807, 2.05) is 32.0 Å². The minimum absolute atomic E-state index is 0.125. The molecule has 0 saturated carbocycles. The molecule has 1 aromatic rings. The van der Waals surface area contributed by atoms with Crippen molar-refractivity contribution in [3.05, 3.63) is 23.8 Å². The Kier molecular flexibility index (Phi) is 4.27. The lowest BCUT2D eigenvalue weighted by Gasteiger charge is -2.19. The summed E-state index contributed by atoms with van der Waals surface area (Å²) in [5, 5.41) is 2.83. The van der Waals surface area contributed by atoms with E-state index in [0.29, 0.717) is 19.8 Å². The van der Waals surface area contributed by atoms with Crippen LogP contribution in [-0.2, 0) is 11.3 Å². The van der Waals surface area contributed by atoms with Crippen LogP contribution in [0.25, 0.3) is 0 Å². The summed E-state index contributed by atoms with van der Waals surface area (Å²) >= 11 is 0. The van der Waals surface area contributed by atoms with Crippen molar-refractivity contribution < 1.29 is 14.3 Å². The van der Waals surface area contributed by atoms with Gasteiger partial charge in [-0.1, -0.05) is 19.9 Å². The summed E-state index contributed by atoms with van der Waals surface area (Å²) in [6.07, 6.45) is 0. The van der Waals surface area contributed by atoms with Crippen molar-refractivity contribution in [3.8, 4) is 11.5 Å². The number of carbonyl (C=O) groups is 1. The molecule has 0 spiro atoms. The molecule has 1 unspecified atom stereocenters. The molecule has 1 aromatic carbocycles. The van der Waals surface area contributed by atoms with Crippen LogP contribution in [0.5, 0.6) is 11.5 Å². The predicted octanol–water partition coefficient (Wildman–Crippen LogP) is 1.06. The number of nitrogens with two attached hydrogens (primary N) is 1. The summed E-state index contributed by atoms with van der Waals surface area (Å²) in [5.41, 5.74) is 6.74. The van der Waals surface area contributed by atoms with Gasteiger partial charge in [-0.25, -0.2) is 0 Å². The standard InChI is InChI=1S/C14H20N2O3/c1-9(2)13(15)14(17)16-8-10-3-4-11-12(7-10)19-6-5-18-11/h3-4,7,9,13H,5-6,8,15H2,1-2H3,(H,16,17). The van der Waals surface area contributed by atoms with Gasteiger partial charge in [0.1, 0.15) is 13.2 Å². The van der Waals surface area contributed by atoms with Gasteiger partial charge in [0.05, 0.1) is 6.04 Å². The molecule has 0 saturated heterocycles. The molecule has 1 heterocycles. The van der Waals surface area contributed by atoms with E-state index in [-0.39, 0.29) is 11.8 Å². The average molecular weight is 264 g/mol. The van der Waals surface area contributed by atoms with Gasteiger partial charge >= 0.3 is 0 Å². The van der Waals surface area contributed by atoms with Gasteiger partial charge in [0.25, 0.3) is 0 Å². The van der Waals surface area contributed by atoms with Crippen molar-refractivity contribution in [2.24, 2.45) is 11.7 Å². The van der Waals surface area contributed by atoms with Crippen molar-refractivity contribution in [2.75, 3.05) is 13.2 Å². The van der Waals surface area contributed by atoms with E-state index >= 15 is 0 Å². The maximum Gasteiger partial charge on any atom is 0.237 e. The van der Waals surface area contributed by atoms with Crippen LogP contribution in [0.4, 0.5) is 0 Å². The lowest BCUT2D eigenvalue weighted by Crippen LogP contribution is -2.43. The van der Waals surface area contributed by atoms with Gasteiger partial charge in [0.15, 0.2) is 11.5 Å². The summed E-state index contributed by atoms with van der Waals surface area (Å²) in [6, 6.07) is 5.18. The minimum atomic E-state index is -0.475. The second kappa shape index (κ2) is 5.93. The van der Waals surface area contributed by atoms with E-state index in [2.05, 4.69) is 5.32 Å². The highest BCUT2D eigenvalue weighted by atomic mass is 16.6. The molecule has 1 amide bonds. The first kappa shape index (κ1) is 13.7. The van der Waals surface area contributed by atoms with Crippen molar-refractivity contribution in [3.63, 3.8) is 0 Å². The van der Waals surface area contributed by atoms with Gasteiger partial charge in [0, 0.05) is 6.54 Å². The molecule has 0 aliphatic carbocycles. The van der Waals surface area contributed by atoms with Crippen LogP contribution in [0.2, 0.25) is 0 Å². The van der Waals surface area contributed by atoms with Crippen molar-refractivity contribution in [1.82, 2.24) is 5.32 Å². The number of hydrogen-bond acceptors (Lipinski definition) is 4. The molecule has 0 fully saturated rings. The van der Waals surface area contributed by atoms with Crippen molar-refractivity contribution in [2.45, 2.75) is 26.4 Å². The van der Waals surface area contributed by atoms with Gasteiger partial charge < -0.3 is 20.5 Å². The highest BCUT2D eigenvalue weighted by molar-refractivity contribution is 5.81. The topological polar surface area (TPSA) is 73.6 Å². The Labute approximate surface area is 113 Å². The first-order valence-corrected chi connectivity index (χ1v) is 6.49. The fourth-order valence-electron chi connectivity index (χ4n) is 1.81. The number of carbonyl (C=O) groups excluding carboxylic acids is 1. The molecule has 0 radical (unpaired) electrons. The van der Waals surface area contributed by atoms with Crippen LogP contribution < -0.4 is 20.5 Å². The molecule has 5 nitrogen and oxygen atoms in total. The first-order chi connectivity index (χ1) is 9.08. The zero-order valence-electron chi connectivity index (χ0n) is 11.3. The third-order valence-corrected chi connectivity index (χ3v) is 3.09. The Morgan fingerprint density at radius 3 is 2.68 bits per heavy atom. The third-order valence-electron chi connectivity index (χ3n) is 3.09. The van der Waals surface area contributed by atoms with E-state index in [1.54, 1.807) is 0 Å². The van der Waals surface area contributed by atoms with E-state index < -0.39 is 6.04 Å². The second-order valence-corrected chi connectivity index (χ2v) is 4.97. The Morgan fingerprint density at radius 1 is 1.32 bits per heavy atom. The second-order valence-electron chi connectivity index (χ2n) is 4.97. The normalized spacial score (nSPS) is 15.2. The van der Waals surface area contributed by atoms with Crippen LogP contribution in [0.15, 0.2) is 18.2 Å². The summed E-state index contributed by atoms with van der Waals surface area (Å²) in [6.45, 7) is 5.42. The Balaban J connectivity index is 1.95. The van der Waals surface area contributed by atoms with Gasteiger partial charge in [0.2, 0.25) is 5.91 Å². The van der Waals surface area contributed by atoms with Crippen LogP contribution in [-0.4, -0.2) is 25.2 Å². The van der Waals surface area contributed by atoms with Crippen LogP contribution in [0.1, 0.15) is 19.4 Å². The SMILES string of the molecule is CC(C)C(N)C(=O)NCc1ccc2c(c1)OCCO2. The fourth-order valence-corrected chi connectivity index (χ4v) is 1.81. The largest absolute Gasteiger partial charge is 0.486 e. The van der Waals surface area contributed by atoms with Crippen molar-refractivity contribution in [1.29, 1.82) is 0 Å². The first-order valence-electron chi connectivity index (χ1n) is 6.49.